The third kappa shape index (κ3) is 2.82. The molecule has 3 rings (SSSR count). The zero-order chi connectivity index (χ0) is 13.2. The maximum absolute atomic E-state index is 5.46. The van der Waals surface area contributed by atoms with Crippen molar-refractivity contribution in [3.05, 3.63) is 11.7 Å². The van der Waals surface area contributed by atoms with E-state index in [1.54, 1.807) is 0 Å². The average molecular weight is 264 g/mol. The fourth-order valence-corrected chi connectivity index (χ4v) is 3.14. The molecule has 1 aromatic rings. The van der Waals surface area contributed by atoms with Gasteiger partial charge in [0.05, 0.1) is 6.04 Å². The Balaban J connectivity index is 1.68. The van der Waals surface area contributed by atoms with Crippen molar-refractivity contribution < 1.29 is 4.52 Å². The van der Waals surface area contributed by atoms with Gasteiger partial charge < -0.3 is 14.7 Å². The predicted molar refractivity (Wildman–Crippen MR) is 73.0 cm³/mol. The number of rotatable bonds is 3. The largest absolute Gasteiger partial charge is 0.338 e. The predicted octanol–water partition coefficient (Wildman–Crippen LogP) is 2.08. The van der Waals surface area contributed by atoms with E-state index in [2.05, 4.69) is 34.2 Å². The van der Waals surface area contributed by atoms with Crippen molar-refractivity contribution in [2.45, 2.75) is 57.5 Å². The van der Waals surface area contributed by atoms with Gasteiger partial charge in [0.15, 0.2) is 5.82 Å². The molecule has 1 N–H and O–H groups in total. The third-order valence-corrected chi connectivity index (χ3v) is 4.36. The second-order valence-corrected chi connectivity index (χ2v) is 6.07. The molecule has 1 aromatic heterocycles. The highest BCUT2D eigenvalue weighted by Gasteiger charge is 2.28. The average Bonchev–Trinajstić information content (AvgIpc) is 3.09. The van der Waals surface area contributed by atoms with Crippen LogP contribution in [-0.2, 0) is 0 Å². The SMILES string of the molecule is CC(C)N1CCCC(c2noc(C3CCCN3)n2)C1. The Bertz CT molecular complexity index is 411. The summed E-state index contributed by atoms with van der Waals surface area (Å²) in [5, 5.41) is 7.63. The molecule has 2 fully saturated rings. The van der Waals surface area contributed by atoms with Gasteiger partial charge in [0, 0.05) is 18.5 Å². The minimum Gasteiger partial charge on any atom is -0.338 e. The summed E-state index contributed by atoms with van der Waals surface area (Å²) >= 11 is 0. The van der Waals surface area contributed by atoms with Crippen molar-refractivity contribution in [3.63, 3.8) is 0 Å². The Hall–Kier alpha value is -0.940. The van der Waals surface area contributed by atoms with Crippen LogP contribution in [0.25, 0.3) is 0 Å². The highest BCUT2D eigenvalue weighted by molar-refractivity contribution is 5.02. The molecule has 0 bridgehead atoms. The van der Waals surface area contributed by atoms with Gasteiger partial charge in [-0.1, -0.05) is 5.16 Å². The number of nitrogens with zero attached hydrogens (tertiary/aromatic N) is 3. The lowest BCUT2D eigenvalue weighted by Crippen LogP contribution is -2.39. The second-order valence-electron chi connectivity index (χ2n) is 6.07. The van der Waals surface area contributed by atoms with Crippen LogP contribution in [-0.4, -0.2) is 40.7 Å². The maximum atomic E-state index is 5.46. The smallest absolute Gasteiger partial charge is 0.243 e. The van der Waals surface area contributed by atoms with Gasteiger partial charge in [-0.3, -0.25) is 0 Å². The number of hydrogen-bond donors (Lipinski definition) is 1. The van der Waals surface area contributed by atoms with E-state index in [0.717, 1.165) is 31.2 Å². The van der Waals surface area contributed by atoms with Crippen molar-refractivity contribution in [1.29, 1.82) is 0 Å². The number of piperidine rings is 1. The van der Waals surface area contributed by atoms with Gasteiger partial charge in [0.1, 0.15) is 0 Å². The van der Waals surface area contributed by atoms with Crippen LogP contribution in [0.15, 0.2) is 4.52 Å². The van der Waals surface area contributed by atoms with E-state index in [4.69, 9.17) is 4.52 Å². The topological polar surface area (TPSA) is 54.2 Å². The number of hydrogen-bond acceptors (Lipinski definition) is 5. The van der Waals surface area contributed by atoms with Crippen LogP contribution < -0.4 is 5.32 Å². The minimum absolute atomic E-state index is 0.283. The van der Waals surface area contributed by atoms with Crippen LogP contribution in [0.3, 0.4) is 0 Å². The van der Waals surface area contributed by atoms with E-state index >= 15 is 0 Å². The van der Waals surface area contributed by atoms with Gasteiger partial charge in [0.2, 0.25) is 5.89 Å². The molecule has 19 heavy (non-hydrogen) atoms. The first kappa shape index (κ1) is 13.1. The summed E-state index contributed by atoms with van der Waals surface area (Å²) < 4.78 is 5.46. The summed E-state index contributed by atoms with van der Waals surface area (Å²) in [6.07, 6.45) is 4.73. The molecule has 0 aromatic carbocycles. The first-order valence-corrected chi connectivity index (χ1v) is 7.55. The molecule has 0 saturated carbocycles. The molecule has 2 unspecified atom stereocenters. The number of likely N-dealkylation sites (tertiary alicyclic amines) is 1. The van der Waals surface area contributed by atoms with Crippen molar-refractivity contribution in [3.8, 4) is 0 Å². The van der Waals surface area contributed by atoms with Crippen LogP contribution in [0.5, 0.6) is 0 Å². The highest BCUT2D eigenvalue weighted by Crippen LogP contribution is 2.28. The van der Waals surface area contributed by atoms with Gasteiger partial charge in [-0.25, -0.2) is 0 Å². The molecule has 2 aliphatic heterocycles. The summed E-state index contributed by atoms with van der Waals surface area (Å²) in [5.74, 6) is 2.14. The van der Waals surface area contributed by atoms with Crippen LogP contribution in [0.2, 0.25) is 0 Å². The van der Waals surface area contributed by atoms with Crippen LogP contribution in [0.4, 0.5) is 0 Å². The van der Waals surface area contributed by atoms with Crippen molar-refractivity contribution in [2.75, 3.05) is 19.6 Å². The van der Waals surface area contributed by atoms with Crippen LogP contribution >= 0.6 is 0 Å². The zero-order valence-electron chi connectivity index (χ0n) is 11.9. The van der Waals surface area contributed by atoms with E-state index in [9.17, 15) is 0 Å². The van der Waals surface area contributed by atoms with Crippen LogP contribution in [0.1, 0.15) is 63.2 Å². The zero-order valence-corrected chi connectivity index (χ0v) is 11.9. The molecule has 5 nitrogen and oxygen atoms in total. The summed E-state index contributed by atoms with van der Waals surface area (Å²) in [6, 6.07) is 0.886. The van der Waals surface area contributed by atoms with Gasteiger partial charge in [-0.2, -0.15) is 4.98 Å². The third-order valence-electron chi connectivity index (χ3n) is 4.36. The van der Waals surface area contributed by atoms with E-state index in [1.165, 1.54) is 25.8 Å². The Morgan fingerprint density at radius 3 is 2.95 bits per heavy atom. The van der Waals surface area contributed by atoms with Gasteiger partial charge in [0.25, 0.3) is 0 Å². The van der Waals surface area contributed by atoms with E-state index in [1.807, 2.05) is 0 Å². The Morgan fingerprint density at radius 1 is 1.32 bits per heavy atom. The molecule has 2 saturated heterocycles. The lowest BCUT2D eigenvalue weighted by atomic mass is 9.96. The lowest BCUT2D eigenvalue weighted by Gasteiger charge is -2.34. The first-order chi connectivity index (χ1) is 9.24. The summed E-state index contributed by atoms with van der Waals surface area (Å²) in [5.41, 5.74) is 0. The number of aromatic nitrogens is 2. The van der Waals surface area contributed by atoms with Gasteiger partial charge in [-0.05, 0) is 52.6 Å². The maximum Gasteiger partial charge on any atom is 0.243 e. The summed E-state index contributed by atoms with van der Waals surface area (Å²) in [4.78, 5) is 7.15. The van der Waals surface area contributed by atoms with Gasteiger partial charge >= 0.3 is 0 Å². The lowest BCUT2D eigenvalue weighted by molar-refractivity contribution is 0.163. The second kappa shape index (κ2) is 5.59. The van der Waals surface area contributed by atoms with E-state index in [0.29, 0.717) is 12.0 Å². The van der Waals surface area contributed by atoms with E-state index in [-0.39, 0.29) is 6.04 Å². The monoisotopic (exact) mass is 264 g/mol. The number of nitrogens with one attached hydrogen (secondary N) is 1. The van der Waals surface area contributed by atoms with Crippen molar-refractivity contribution in [2.24, 2.45) is 0 Å². The molecule has 2 aliphatic rings. The summed E-state index contributed by atoms with van der Waals surface area (Å²) in [6.45, 7) is 7.84. The van der Waals surface area contributed by atoms with E-state index < -0.39 is 0 Å². The molecule has 2 atom stereocenters. The molecule has 106 valence electrons. The highest BCUT2D eigenvalue weighted by atomic mass is 16.5. The Morgan fingerprint density at radius 2 is 2.21 bits per heavy atom. The molecule has 3 heterocycles. The van der Waals surface area contributed by atoms with Crippen molar-refractivity contribution >= 4 is 0 Å². The van der Waals surface area contributed by atoms with Crippen LogP contribution in [0, 0.1) is 0 Å². The quantitative estimate of drug-likeness (QED) is 0.906. The Kier molecular flexibility index (Phi) is 3.84. The molecular weight excluding hydrogens is 240 g/mol. The molecular formula is C14H24N4O. The minimum atomic E-state index is 0.283. The molecule has 0 aliphatic carbocycles. The van der Waals surface area contributed by atoms with Gasteiger partial charge in [-0.15, -0.1) is 0 Å². The standard InChI is InChI=1S/C14H24N4O/c1-10(2)18-8-4-5-11(9-18)13-16-14(19-17-13)12-6-3-7-15-12/h10-12,15H,3-9H2,1-2H3. The molecule has 0 radical (unpaired) electrons. The fraction of sp³-hybridized carbons (Fsp3) is 0.857. The molecule has 0 amide bonds. The molecule has 5 heteroatoms. The molecule has 0 spiro atoms. The Labute approximate surface area is 114 Å². The summed E-state index contributed by atoms with van der Waals surface area (Å²) in [7, 11) is 0. The normalized spacial score (nSPS) is 29.2. The van der Waals surface area contributed by atoms with Crippen molar-refractivity contribution in [1.82, 2.24) is 20.4 Å². The first-order valence-electron chi connectivity index (χ1n) is 7.55. The fourth-order valence-electron chi connectivity index (χ4n) is 3.14.